The van der Waals surface area contributed by atoms with Gasteiger partial charge in [-0.2, -0.15) is 0 Å². The largest absolute Gasteiger partial charge is 0.490 e. The molecular weight excluding hydrogens is 258 g/mol. The highest BCUT2D eigenvalue weighted by Crippen LogP contribution is 2.35. The molecule has 0 aromatic heterocycles. The van der Waals surface area contributed by atoms with Crippen molar-refractivity contribution in [3.8, 4) is 11.5 Å². The number of carbonyl (C=O) groups excluding carboxylic acids is 1. The Morgan fingerprint density at radius 1 is 1.50 bits per heavy atom. The van der Waals surface area contributed by atoms with Gasteiger partial charge in [-0.1, -0.05) is 0 Å². The minimum atomic E-state index is -0.575. The van der Waals surface area contributed by atoms with Crippen molar-refractivity contribution in [3.05, 3.63) is 23.8 Å². The van der Waals surface area contributed by atoms with Crippen molar-refractivity contribution in [1.82, 2.24) is 4.90 Å². The first kappa shape index (κ1) is 14.7. The van der Waals surface area contributed by atoms with Crippen molar-refractivity contribution < 1.29 is 19.4 Å². The molecule has 20 heavy (non-hydrogen) atoms. The van der Waals surface area contributed by atoms with Crippen molar-refractivity contribution in [3.63, 3.8) is 0 Å². The summed E-state index contributed by atoms with van der Waals surface area (Å²) in [6, 6.07) is 5.25. The van der Waals surface area contributed by atoms with E-state index in [4.69, 9.17) is 9.47 Å². The summed E-state index contributed by atoms with van der Waals surface area (Å²) in [5.41, 5.74) is 0.764. The lowest BCUT2D eigenvalue weighted by molar-refractivity contribution is -0.137. The number of likely N-dealkylation sites (N-methyl/N-ethyl adjacent to an activating group) is 1. The lowest BCUT2D eigenvalue weighted by atomic mass is 10.1. The van der Waals surface area contributed by atoms with Crippen molar-refractivity contribution >= 4 is 5.91 Å². The number of amides is 1. The highest BCUT2D eigenvalue weighted by Gasteiger charge is 2.24. The number of rotatable bonds is 5. The number of nitrogens with zero attached hydrogens (tertiary/aromatic N) is 1. The van der Waals surface area contributed by atoms with E-state index in [1.807, 2.05) is 13.8 Å². The van der Waals surface area contributed by atoms with Gasteiger partial charge in [0.05, 0.1) is 0 Å². The van der Waals surface area contributed by atoms with Crippen molar-refractivity contribution in [2.24, 2.45) is 0 Å². The average Bonchev–Trinajstić information content (AvgIpc) is 2.81. The number of hydrogen-bond donors (Lipinski definition) is 1. The van der Waals surface area contributed by atoms with Crippen LogP contribution in [0.2, 0.25) is 0 Å². The van der Waals surface area contributed by atoms with Crippen LogP contribution >= 0.6 is 0 Å². The van der Waals surface area contributed by atoms with E-state index in [-0.39, 0.29) is 12.5 Å². The molecule has 1 heterocycles. The molecule has 0 spiro atoms. The van der Waals surface area contributed by atoms with Gasteiger partial charge in [-0.25, -0.2) is 0 Å². The van der Waals surface area contributed by atoms with Gasteiger partial charge in [0, 0.05) is 24.7 Å². The maximum Gasteiger partial charge on any atom is 0.263 e. The van der Waals surface area contributed by atoms with Gasteiger partial charge in [0.1, 0.15) is 24.2 Å². The van der Waals surface area contributed by atoms with Gasteiger partial charge in [0.2, 0.25) is 0 Å². The quantitative estimate of drug-likeness (QED) is 0.892. The second-order valence-corrected chi connectivity index (χ2v) is 4.80. The molecule has 2 atom stereocenters. The third kappa shape index (κ3) is 2.88. The number of fused-ring (bicyclic) bond motifs is 1. The topological polar surface area (TPSA) is 59.0 Å². The molecule has 1 aromatic carbocycles. The summed E-state index contributed by atoms with van der Waals surface area (Å²) < 4.78 is 11.0. The Hall–Kier alpha value is -1.75. The Morgan fingerprint density at radius 2 is 2.20 bits per heavy atom. The number of aliphatic hydroxyl groups is 1. The van der Waals surface area contributed by atoms with E-state index in [9.17, 15) is 9.90 Å². The summed E-state index contributed by atoms with van der Waals surface area (Å²) in [5.74, 6) is 1.17. The Balaban J connectivity index is 2.05. The number of carbonyl (C=O) groups is 1. The Morgan fingerprint density at radius 3 is 2.85 bits per heavy atom. The fourth-order valence-electron chi connectivity index (χ4n) is 2.29. The minimum Gasteiger partial charge on any atom is -0.490 e. The van der Waals surface area contributed by atoms with Gasteiger partial charge < -0.3 is 19.5 Å². The number of hydrogen-bond acceptors (Lipinski definition) is 4. The highest BCUT2D eigenvalue weighted by molar-refractivity contribution is 5.80. The first-order valence-corrected chi connectivity index (χ1v) is 6.97. The van der Waals surface area contributed by atoms with E-state index < -0.39 is 12.2 Å². The Bertz CT molecular complexity index is 485. The van der Waals surface area contributed by atoms with Crippen LogP contribution in [0.1, 0.15) is 32.4 Å². The second-order valence-electron chi connectivity index (χ2n) is 4.80. The molecular formula is C15H21NO4. The molecule has 0 saturated carbocycles. The van der Waals surface area contributed by atoms with Gasteiger partial charge in [-0.15, -0.1) is 0 Å². The lowest BCUT2D eigenvalue weighted by Gasteiger charge is -2.23. The molecule has 1 N–H and O–H groups in total. The molecule has 0 radical (unpaired) electrons. The number of aliphatic hydroxyl groups excluding tert-OH is 1. The molecule has 1 aliphatic rings. The van der Waals surface area contributed by atoms with Crippen LogP contribution in [0.4, 0.5) is 0 Å². The minimum absolute atomic E-state index is 0.0311. The molecule has 2 unspecified atom stereocenters. The van der Waals surface area contributed by atoms with E-state index in [2.05, 4.69) is 0 Å². The summed E-state index contributed by atoms with van der Waals surface area (Å²) in [6.45, 7) is 7.23. The molecule has 5 heteroatoms. The van der Waals surface area contributed by atoms with Crippen molar-refractivity contribution in [2.45, 2.75) is 33.0 Å². The maximum absolute atomic E-state index is 12.1. The summed E-state index contributed by atoms with van der Waals surface area (Å²) in [7, 11) is 0. The average molecular weight is 279 g/mol. The van der Waals surface area contributed by atoms with Crippen LogP contribution in [0.5, 0.6) is 11.5 Å². The third-order valence-electron chi connectivity index (χ3n) is 3.48. The lowest BCUT2D eigenvalue weighted by Crippen LogP contribution is -2.40. The fraction of sp³-hybridized carbons (Fsp3) is 0.533. The Kier molecular flexibility index (Phi) is 4.49. The summed E-state index contributed by atoms with van der Waals surface area (Å²) >= 11 is 0. The van der Waals surface area contributed by atoms with Crippen LogP contribution < -0.4 is 9.47 Å². The third-order valence-corrected chi connectivity index (χ3v) is 3.48. The Labute approximate surface area is 119 Å². The highest BCUT2D eigenvalue weighted by atomic mass is 16.5. The molecule has 0 fully saturated rings. The summed E-state index contributed by atoms with van der Waals surface area (Å²) in [6.07, 6.45) is -1.12. The predicted octanol–water partition coefficient (Wildman–Crippen LogP) is 1.75. The van der Waals surface area contributed by atoms with Gasteiger partial charge in [-0.3, -0.25) is 4.79 Å². The molecule has 1 aromatic rings. The summed E-state index contributed by atoms with van der Waals surface area (Å²) in [4.78, 5) is 13.9. The number of benzene rings is 1. The van der Waals surface area contributed by atoms with Crippen molar-refractivity contribution in [2.75, 3.05) is 19.7 Å². The monoisotopic (exact) mass is 279 g/mol. The summed E-state index contributed by atoms with van der Waals surface area (Å²) in [5, 5.41) is 9.65. The second kappa shape index (κ2) is 6.13. The van der Waals surface area contributed by atoms with E-state index in [0.717, 1.165) is 5.56 Å². The molecule has 2 rings (SSSR count). The van der Waals surface area contributed by atoms with Crippen LogP contribution in [-0.2, 0) is 4.79 Å². The molecule has 5 nitrogen and oxygen atoms in total. The van der Waals surface area contributed by atoms with Crippen LogP contribution in [0.25, 0.3) is 0 Å². The van der Waals surface area contributed by atoms with Gasteiger partial charge >= 0.3 is 0 Å². The smallest absolute Gasteiger partial charge is 0.263 e. The maximum atomic E-state index is 12.1. The SMILES string of the molecule is CCN(CC)C(=O)C(C)Oc1ccc2c(c1)OCC2O. The van der Waals surface area contributed by atoms with Gasteiger partial charge in [-0.05, 0) is 32.9 Å². The zero-order valence-electron chi connectivity index (χ0n) is 12.1. The van der Waals surface area contributed by atoms with E-state index in [1.165, 1.54) is 0 Å². The first-order chi connectivity index (χ1) is 9.56. The van der Waals surface area contributed by atoms with E-state index >= 15 is 0 Å². The van der Waals surface area contributed by atoms with Crippen molar-refractivity contribution in [1.29, 1.82) is 0 Å². The molecule has 0 saturated heterocycles. The van der Waals surface area contributed by atoms with Crippen LogP contribution in [0, 0.1) is 0 Å². The van der Waals surface area contributed by atoms with E-state index in [1.54, 1.807) is 30.0 Å². The molecule has 0 bridgehead atoms. The zero-order chi connectivity index (χ0) is 14.7. The fourth-order valence-corrected chi connectivity index (χ4v) is 2.29. The normalized spacial score (nSPS) is 18.1. The molecule has 0 aliphatic carbocycles. The molecule has 1 amide bonds. The molecule has 110 valence electrons. The predicted molar refractivity (Wildman–Crippen MR) is 74.9 cm³/mol. The standard InChI is InChI=1S/C15H21NO4/c1-4-16(5-2)15(18)10(3)20-11-6-7-12-13(17)9-19-14(12)8-11/h6-8,10,13,17H,4-5,9H2,1-3H3. The van der Waals surface area contributed by atoms with Gasteiger partial charge in [0.15, 0.2) is 6.10 Å². The molecule has 1 aliphatic heterocycles. The van der Waals surface area contributed by atoms with E-state index in [0.29, 0.717) is 24.6 Å². The number of ether oxygens (including phenoxy) is 2. The van der Waals surface area contributed by atoms with Crippen LogP contribution in [0.15, 0.2) is 18.2 Å². The first-order valence-electron chi connectivity index (χ1n) is 6.97. The van der Waals surface area contributed by atoms with Gasteiger partial charge in [0.25, 0.3) is 5.91 Å². The van der Waals surface area contributed by atoms with Crippen LogP contribution in [-0.4, -0.2) is 41.7 Å². The van der Waals surface area contributed by atoms with Crippen LogP contribution in [0.3, 0.4) is 0 Å². The zero-order valence-corrected chi connectivity index (χ0v) is 12.1.